The summed E-state index contributed by atoms with van der Waals surface area (Å²) in [6.45, 7) is 4.44. The third-order valence-electron chi connectivity index (χ3n) is 6.04. The number of pyridine rings is 2. The van der Waals surface area contributed by atoms with Gasteiger partial charge in [0.05, 0.1) is 17.7 Å². The van der Waals surface area contributed by atoms with Gasteiger partial charge >= 0.3 is 12.1 Å². The molecule has 4 heterocycles. The third kappa shape index (κ3) is 5.89. The molecule has 2 amide bonds. The van der Waals surface area contributed by atoms with Crippen molar-refractivity contribution in [3.05, 3.63) is 59.7 Å². The minimum Gasteiger partial charge on any atom is -0.475 e. The largest absolute Gasteiger partial charge is 0.490 e. The van der Waals surface area contributed by atoms with Crippen LogP contribution in [0, 0.1) is 12.3 Å². The average Bonchev–Trinajstić information content (AvgIpc) is 3.09. The summed E-state index contributed by atoms with van der Waals surface area (Å²) >= 11 is 0. The number of halogens is 3. The monoisotopic (exact) mass is 478 g/mol. The third-order valence-corrected chi connectivity index (χ3v) is 6.04. The summed E-state index contributed by atoms with van der Waals surface area (Å²) in [4.78, 5) is 47.1. The molecule has 4 rings (SSSR count). The summed E-state index contributed by atoms with van der Waals surface area (Å²) in [6, 6.07) is 11.3. The number of aryl methyl sites for hydroxylation is 1. The van der Waals surface area contributed by atoms with Crippen LogP contribution < -0.4 is 0 Å². The molecule has 2 aliphatic heterocycles. The normalized spacial score (nSPS) is 17.4. The van der Waals surface area contributed by atoms with Crippen molar-refractivity contribution in [2.75, 3.05) is 19.6 Å². The molecule has 2 aromatic rings. The standard InChI is InChI=1S/C21H24N4O2.C2HF3O2/c1-16-5-4-7-18(23-16)19(26)24-12-8-21(9-13-24)10-14-25(20(21)27)15-17-6-2-3-11-22-17;3-2(4,5)1(6)7/h2-7,11H,8-10,12-15H2,1H3;(H,6,7). The zero-order valence-electron chi connectivity index (χ0n) is 18.6. The molecule has 11 heteroatoms. The van der Waals surface area contributed by atoms with Gasteiger partial charge in [0.25, 0.3) is 5.91 Å². The highest BCUT2D eigenvalue weighted by molar-refractivity contribution is 5.93. The van der Waals surface area contributed by atoms with Crippen molar-refractivity contribution in [1.82, 2.24) is 19.8 Å². The van der Waals surface area contributed by atoms with E-state index in [1.807, 2.05) is 47.1 Å². The number of rotatable bonds is 3. The van der Waals surface area contributed by atoms with Crippen molar-refractivity contribution < 1.29 is 32.7 Å². The van der Waals surface area contributed by atoms with Crippen LogP contribution in [0.4, 0.5) is 13.2 Å². The fraction of sp³-hybridized carbons (Fsp3) is 0.435. The molecule has 0 bridgehead atoms. The van der Waals surface area contributed by atoms with Crippen molar-refractivity contribution in [3.63, 3.8) is 0 Å². The van der Waals surface area contributed by atoms with Crippen LogP contribution in [0.15, 0.2) is 42.6 Å². The van der Waals surface area contributed by atoms with E-state index in [0.717, 1.165) is 37.2 Å². The summed E-state index contributed by atoms with van der Waals surface area (Å²) in [5.74, 6) is -2.58. The van der Waals surface area contributed by atoms with Crippen molar-refractivity contribution in [2.24, 2.45) is 5.41 Å². The van der Waals surface area contributed by atoms with Crippen LogP contribution in [0.1, 0.15) is 41.1 Å². The quantitative estimate of drug-likeness (QED) is 0.727. The van der Waals surface area contributed by atoms with Gasteiger partial charge in [-0.25, -0.2) is 9.78 Å². The summed E-state index contributed by atoms with van der Waals surface area (Å²) in [6.07, 6.45) is -1.01. The molecule has 2 aromatic heterocycles. The zero-order chi connectivity index (χ0) is 24.9. The molecule has 0 saturated carbocycles. The van der Waals surface area contributed by atoms with E-state index in [2.05, 4.69) is 9.97 Å². The number of hydrogen-bond donors (Lipinski definition) is 1. The predicted octanol–water partition coefficient (Wildman–Crippen LogP) is 3.07. The molecule has 2 aliphatic rings. The Morgan fingerprint density at radius 3 is 2.26 bits per heavy atom. The minimum absolute atomic E-state index is 0.0377. The Morgan fingerprint density at radius 2 is 1.71 bits per heavy atom. The van der Waals surface area contributed by atoms with Crippen LogP contribution in [0.2, 0.25) is 0 Å². The van der Waals surface area contributed by atoms with Gasteiger partial charge in [0.1, 0.15) is 5.69 Å². The molecule has 0 aromatic carbocycles. The molecule has 0 unspecified atom stereocenters. The van der Waals surface area contributed by atoms with Gasteiger partial charge in [-0.1, -0.05) is 12.1 Å². The molecule has 34 heavy (non-hydrogen) atoms. The van der Waals surface area contributed by atoms with Gasteiger partial charge in [-0.15, -0.1) is 0 Å². The lowest BCUT2D eigenvalue weighted by Crippen LogP contribution is -2.46. The number of carbonyl (C=O) groups excluding carboxylic acids is 2. The molecular formula is C23H25F3N4O4. The maximum Gasteiger partial charge on any atom is 0.490 e. The number of alkyl halides is 3. The number of hydrogen-bond acceptors (Lipinski definition) is 5. The molecule has 2 fully saturated rings. The fourth-order valence-electron chi connectivity index (χ4n) is 4.16. The first-order chi connectivity index (χ1) is 16.0. The minimum atomic E-state index is -5.08. The molecule has 0 aliphatic carbocycles. The zero-order valence-corrected chi connectivity index (χ0v) is 18.6. The Kier molecular flexibility index (Phi) is 7.53. The van der Waals surface area contributed by atoms with E-state index in [0.29, 0.717) is 25.3 Å². The first kappa shape index (κ1) is 25.1. The number of piperidine rings is 1. The van der Waals surface area contributed by atoms with Crippen LogP contribution in [-0.2, 0) is 16.1 Å². The highest BCUT2D eigenvalue weighted by atomic mass is 19.4. The molecular weight excluding hydrogens is 453 g/mol. The highest BCUT2D eigenvalue weighted by Crippen LogP contribution is 2.42. The van der Waals surface area contributed by atoms with E-state index in [4.69, 9.17) is 9.90 Å². The molecule has 8 nitrogen and oxygen atoms in total. The second-order valence-electron chi connectivity index (χ2n) is 8.34. The van der Waals surface area contributed by atoms with Crippen LogP contribution in [0.25, 0.3) is 0 Å². The van der Waals surface area contributed by atoms with E-state index in [1.165, 1.54) is 0 Å². The number of carboxylic acids is 1. The van der Waals surface area contributed by atoms with Crippen molar-refractivity contribution >= 4 is 17.8 Å². The van der Waals surface area contributed by atoms with Crippen molar-refractivity contribution in [2.45, 2.75) is 38.9 Å². The van der Waals surface area contributed by atoms with E-state index in [9.17, 15) is 22.8 Å². The van der Waals surface area contributed by atoms with Crippen molar-refractivity contribution in [3.8, 4) is 0 Å². The van der Waals surface area contributed by atoms with E-state index >= 15 is 0 Å². The Hall–Kier alpha value is -3.50. The van der Waals surface area contributed by atoms with Crippen LogP contribution >= 0.6 is 0 Å². The molecule has 0 atom stereocenters. The Labute approximate surface area is 194 Å². The Morgan fingerprint density at radius 1 is 1.06 bits per heavy atom. The Bertz CT molecular complexity index is 1040. The number of carbonyl (C=O) groups is 3. The second-order valence-corrected chi connectivity index (χ2v) is 8.34. The van der Waals surface area contributed by atoms with E-state index in [1.54, 1.807) is 12.3 Å². The van der Waals surface area contributed by atoms with Crippen LogP contribution in [0.5, 0.6) is 0 Å². The molecule has 2 saturated heterocycles. The fourth-order valence-corrected chi connectivity index (χ4v) is 4.16. The lowest BCUT2D eigenvalue weighted by molar-refractivity contribution is -0.192. The number of carboxylic acid groups (broad SMARTS) is 1. The first-order valence-corrected chi connectivity index (χ1v) is 10.7. The maximum atomic E-state index is 13.1. The molecule has 1 N–H and O–H groups in total. The molecule has 1 spiro atoms. The van der Waals surface area contributed by atoms with Crippen LogP contribution in [0.3, 0.4) is 0 Å². The van der Waals surface area contributed by atoms with Crippen LogP contribution in [-0.4, -0.2) is 68.5 Å². The maximum absolute atomic E-state index is 13.1. The summed E-state index contributed by atoms with van der Waals surface area (Å²) in [7, 11) is 0. The molecule has 182 valence electrons. The Balaban J connectivity index is 0.000000406. The summed E-state index contributed by atoms with van der Waals surface area (Å²) in [5, 5.41) is 7.12. The van der Waals surface area contributed by atoms with Gasteiger partial charge in [0.15, 0.2) is 0 Å². The predicted molar refractivity (Wildman–Crippen MR) is 115 cm³/mol. The highest BCUT2D eigenvalue weighted by Gasteiger charge is 2.48. The van der Waals surface area contributed by atoms with Gasteiger partial charge < -0.3 is 14.9 Å². The lowest BCUT2D eigenvalue weighted by Gasteiger charge is -2.37. The van der Waals surface area contributed by atoms with Gasteiger partial charge in [0.2, 0.25) is 5.91 Å². The number of aliphatic carboxylic acids is 1. The van der Waals surface area contributed by atoms with Gasteiger partial charge in [-0.2, -0.15) is 13.2 Å². The average molecular weight is 478 g/mol. The second kappa shape index (κ2) is 10.2. The summed E-state index contributed by atoms with van der Waals surface area (Å²) < 4.78 is 31.7. The van der Waals surface area contributed by atoms with Crippen molar-refractivity contribution in [1.29, 1.82) is 0 Å². The SMILES string of the molecule is Cc1cccc(C(=O)N2CCC3(CC2)CCN(Cc2ccccn2)C3=O)n1.O=C(O)C(F)(F)F. The number of likely N-dealkylation sites (tertiary alicyclic amines) is 2. The van der Waals surface area contributed by atoms with Gasteiger partial charge in [-0.3, -0.25) is 14.6 Å². The smallest absolute Gasteiger partial charge is 0.475 e. The topological polar surface area (TPSA) is 104 Å². The summed E-state index contributed by atoms with van der Waals surface area (Å²) in [5.41, 5.74) is 1.93. The number of amides is 2. The van der Waals surface area contributed by atoms with E-state index < -0.39 is 12.1 Å². The number of aromatic nitrogens is 2. The first-order valence-electron chi connectivity index (χ1n) is 10.7. The van der Waals surface area contributed by atoms with E-state index in [-0.39, 0.29) is 17.2 Å². The molecule has 0 radical (unpaired) electrons. The number of nitrogens with zero attached hydrogens (tertiary/aromatic N) is 4. The lowest BCUT2D eigenvalue weighted by atomic mass is 9.77. The van der Waals surface area contributed by atoms with Gasteiger partial charge in [-0.05, 0) is 50.5 Å². The van der Waals surface area contributed by atoms with Gasteiger partial charge in [0, 0.05) is 31.5 Å².